The molecule has 8 heteroatoms. The molecule has 8 nitrogen and oxygen atoms in total. The fourth-order valence-electron chi connectivity index (χ4n) is 6.27. The maximum absolute atomic E-state index is 12.8. The summed E-state index contributed by atoms with van der Waals surface area (Å²) in [5.74, 6) is -1.21. The quantitative estimate of drug-likeness (QED) is 0.218. The average Bonchev–Trinajstić information content (AvgIpc) is 2.73. The molecule has 0 amide bonds. The zero-order valence-electron chi connectivity index (χ0n) is 22.1. The normalized spacial score (nSPS) is 29.6. The Hall–Kier alpha value is -2.64. The van der Waals surface area contributed by atoms with Crippen LogP contribution in [0, 0.1) is 23.7 Å². The molecule has 2 atom stereocenters. The van der Waals surface area contributed by atoms with Gasteiger partial charge in [-0.1, -0.05) is 27.0 Å². The van der Waals surface area contributed by atoms with Crippen molar-refractivity contribution in [2.75, 3.05) is 13.2 Å². The average molecular weight is 505 g/mol. The maximum Gasteiger partial charge on any atom is 0.333 e. The summed E-state index contributed by atoms with van der Waals surface area (Å²) in [5, 5.41) is 0. The molecule has 4 aliphatic carbocycles. The van der Waals surface area contributed by atoms with Crippen LogP contribution in [0.2, 0.25) is 0 Å². The summed E-state index contributed by atoms with van der Waals surface area (Å²) in [4.78, 5) is 48.9. The van der Waals surface area contributed by atoms with E-state index in [2.05, 4.69) is 13.2 Å². The van der Waals surface area contributed by atoms with Crippen LogP contribution in [-0.4, -0.2) is 48.3 Å². The van der Waals surface area contributed by atoms with E-state index in [1.165, 1.54) is 0 Å². The van der Waals surface area contributed by atoms with Gasteiger partial charge in [0.1, 0.15) is 11.2 Å². The molecule has 4 bridgehead atoms. The lowest BCUT2D eigenvalue weighted by Crippen LogP contribution is -2.61. The Labute approximate surface area is 213 Å². The van der Waals surface area contributed by atoms with Crippen LogP contribution < -0.4 is 0 Å². The minimum Gasteiger partial charge on any atom is -0.462 e. The van der Waals surface area contributed by atoms with Crippen LogP contribution in [-0.2, 0) is 38.1 Å². The van der Waals surface area contributed by atoms with E-state index >= 15 is 0 Å². The van der Waals surface area contributed by atoms with Crippen molar-refractivity contribution in [3.8, 4) is 0 Å². The monoisotopic (exact) mass is 504 g/mol. The minimum atomic E-state index is -0.613. The standard InChI is InChI=1S/C28H40O8/c1-17(2)25(31)33-14-19(5)7-23(29)35-27-10-21-9-22(11-27)13-28(12-21,16-27)36-24(30)8-20(6)15-34-26(32)18(3)4/h19-22H,1,3,7-16H2,2,4-6H3. The SMILES string of the molecule is C=C(C)C(=O)OCC(C)CC(=O)OC12CC3CC(C1)CC(OC(=O)CC(C)COC(=O)C(=C)C)(C3)C2. The fourth-order valence-corrected chi connectivity index (χ4v) is 6.27. The van der Waals surface area contributed by atoms with Crippen molar-refractivity contribution in [1.29, 1.82) is 0 Å². The maximum atomic E-state index is 12.8. The number of hydrogen-bond acceptors (Lipinski definition) is 8. The fraction of sp³-hybridized carbons (Fsp3) is 0.714. The summed E-state index contributed by atoms with van der Waals surface area (Å²) >= 11 is 0. The van der Waals surface area contributed by atoms with Gasteiger partial charge < -0.3 is 18.9 Å². The molecule has 4 rings (SSSR count). The van der Waals surface area contributed by atoms with Crippen molar-refractivity contribution in [2.45, 2.75) is 90.3 Å². The van der Waals surface area contributed by atoms with Crippen molar-refractivity contribution in [1.82, 2.24) is 0 Å². The van der Waals surface area contributed by atoms with Crippen molar-refractivity contribution in [3.63, 3.8) is 0 Å². The topological polar surface area (TPSA) is 105 Å². The number of hydrogen-bond donors (Lipinski definition) is 0. The molecule has 0 aromatic carbocycles. The molecule has 0 N–H and O–H groups in total. The van der Waals surface area contributed by atoms with Crippen LogP contribution in [0.25, 0.3) is 0 Å². The first kappa shape index (κ1) is 27.9. The first-order valence-corrected chi connectivity index (χ1v) is 12.9. The Morgan fingerprint density at radius 3 is 1.44 bits per heavy atom. The van der Waals surface area contributed by atoms with Gasteiger partial charge in [-0.25, -0.2) is 9.59 Å². The molecular formula is C28H40O8. The van der Waals surface area contributed by atoms with Crippen molar-refractivity contribution in [2.24, 2.45) is 23.7 Å². The van der Waals surface area contributed by atoms with E-state index in [9.17, 15) is 19.2 Å². The summed E-state index contributed by atoms with van der Waals surface area (Å²) in [6.45, 7) is 14.2. The molecule has 0 aromatic heterocycles. The molecule has 0 aromatic rings. The van der Waals surface area contributed by atoms with Crippen molar-refractivity contribution >= 4 is 23.9 Å². The van der Waals surface area contributed by atoms with Gasteiger partial charge in [0, 0.05) is 29.4 Å². The van der Waals surface area contributed by atoms with Crippen LogP contribution in [0.5, 0.6) is 0 Å². The molecular weight excluding hydrogens is 464 g/mol. The lowest BCUT2D eigenvalue weighted by atomic mass is 9.52. The van der Waals surface area contributed by atoms with Gasteiger partial charge in [-0.2, -0.15) is 0 Å². The molecule has 0 spiro atoms. The van der Waals surface area contributed by atoms with E-state index in [-0.39, 0.29) is 49.8 Å². The van der Waals surface area contributed by atoms with E-state index in [4.69, 9.17) is 18.9 Å². The first-order valence-electron chi connectivity index (χ1n) is 12.9. The molecule has 0 radical (unpaired) electrons. The highest BCUT2D eigenvalue weighted by Gasteiger charge is 2.61. The third-order valence-electron chi connectivity index (χ3n) is 7.34. The summed E-state index contributed by atoms with van der Waals surface area (Å²) in [5.41, 5.74) is -0.586. The molecule has 0 aliphatic heterocycles. The molecule has 2 unspecified atom stereocenters. The predicted octanol–water partition coefficient (Wildman–Crippen LogP) is 4.46. The number of rotatable bonds is 12. The zero-order valence-corrected chi connectivity index (χ0v) is 22.1. The van der Waals surface area contributed by atoms with Gasteiger partial charge in [-0.15, -0.1) is 0 Å². The summed E-state index contributed by atoms with van der Waals surface area (Å²) < 4.78 is 22.5. The number of ether oxygens (including phenoxy) is 4. The first-order chi connectivity index (χ1) is 16.8. The largest absolute Gasteiger partial charge is 0.462 e. The molecule has 0 saturated heterocycles. The van der Waals surface area contributed by atoms with E-state index < -0.39 is 23.1 Å². The van der Waals surface area contributed by atoms with Crippen LogP contribution in [0.1, 0.15) is 79.1 Å². The highest BCUT2D eigenvalue weighted by molar-refractivity contribution is 5.87. The van der Waals surface area contributed by atoms with Crippen LogP contribution in [0.4, 0.5) is 0 Å². The molecule has 4 saturated carbocycles. The third kappa shape index (κ3) is 7.20. The lowest BCUT2D eigenvalue weighted by Gasteiger charge is -2.60. The van der Waals surface area contributed by atoms with Gasteiger partial charge in [0.2, 0.25) is 0 Å². The van der Waals surface area contributed by atoms with E-state index in [0.29, 0.717) is 29.4 Å². The van der Waals surface area contributed by atoms with Gasteiger partial charge in [-0.3, -0.25) is 9.59 Å². The molecule has 0 heterocycles. The Morgan fingerprint density at radius 1 is 0.750 bits per heavy atom. The van der Waals surface area contributed by atoms with Gasteiger partial charge in [0.25, 0.3) is 0 Å². The molecule has 200 valence electrons. The molecule has 4 fully saturated rings. The minimum absolute atomic E-state index is 0.125. The molecule has 36 heavy (non-hydrogen) atoms. The highest BCUT2D eigenvalue weighted by Crippen LogP contribution is 2.60. The smallest absolute Gasteiger partial charge is 0.333 e. The number of esters is 4. The second-order valence-electron chi connectivity index (χ2n) is 11.7. The van der Waals surface area contributed by atoms with Crippen LogP contribution in [0.3, 0.4) is 0 Å². The van der Waals surface area contributed by atoms with E-state index in [0.717, 1.165) is 32.1 Å². The number of carbonyl (C=O) groups is 4. The summed E-state index contributed by atoms with van der Waals surface area (Å²) in [6, 6.07) is 0. The third-order valence-corrected chi connectivity index (χ3v) is 7.34. The second-order valence-corrected chi connectivity index (χ2v) is 11.7. The van der Waals surface area contributed by atoms with Gasteiger partial charge >= 0.3 is 23.9 Å². The Balaban J connectivity index is 1.54. The van der Waals surface area contributed by atoms with Crippen LogP contribution in [0.15, 0.2) is 24.3 Å². The number of carbonyl (C=O) groups excluding carboxylic acids is 4. The van der Waals surface area contributed by atoms with E-state index in [1.807, 2.05) is 13.8 Å². The second kappa shape index (κ2) is 11.2. The summed E-state index contributed by atoms with van der Waals surface area (Å²) in [7, 11) is 0. The summed E-state index contributed by atoms with van der Waals surface area (Å²) in [6.07, 6.45) is 5.05. The Bertz CT molecular complexity index is 835. The Morgan fingerprint density at radius 2 is 1.11 bits per heavy atom. The van der Waals surface area contributed by atoms with Gasteiger partial charge in [0.15, 0.2) is 0 Å². The van der Waals surface area contributed by atoms with Crippen molar-refractivity contribution in [3.05, 3.63) is 24.3 Å². The van der Waals surface area contributed by atoms with E-state index in [1.54, 1.807) is 13.8 Å². The Kier molecular flexibility index (Phi) is 8.67. The van der Waals surface area contributed by atoms with Crippen molar-refractivity contribution < 1.29 is 38.1 Å². The predicted molar refractivity (Wildman–Crippen MR) is 131 cm³/mol. The lowest BCUT2D eigenvalue weighted by molar-refractivity contribution is -0.232. The highest BCUT2D eigenvalue weighted by atomic mass is 16.6. The molecule has 4 aliphatic rings. The van der Waals surface area contributed by atoms with Crippen LogP contribution >= 0.6 is 0 Å². The van der Waals surface area contributed by atoms with Gasteiger partial charge in [0.05, 0.1) is 26.1 Å². The zero-order chi connectivity index (χ0) is 26.7. The van der Waals surface area contributed by atoms with Gasteiger partial charge in [-0.05, 0) is 57.8 Å².